The van der Waals surface area contributed by atoms with Crippen LogP contribution >= 0.6 is 0 Å². The second kappa shape index (κ2) is 7.28. The van der Waals surface area contributed by atoms with Crippen LogP contribution in [0.15, 0.2) is 24.3 Å². The van der Waals surface area contributed by atoms with Crippen LogP contribution in [-0.4, -0.2) is 26.7 Å². The smallest absolute Gasteiger partial charge is 0.123 e. The highest BCUT2D eigenvalue weighted by Gasteiger charge is 2.06. The Kier molecular flexibility index (Phi) is 5.98. The van der Waals surface area contributed by atoms with Gasteiger partial charge in [0.2, 0.25) is 0 Å². The van der Waals surface area contributed by atoms with Gasteiger partial charge < -0.3 is 10.2 Å². The number of nitrogens with zero attached hydrogens (tertiary/aromatic N) is 1. The molecular formula is C14H23FN2. The van der Waals surface area contributed by atoms with Gasteiger partial charge in [0.15, 0.2) is 0 Å². The van der Waals surface area contributed by atoms with E-state index in [-0.39, 0.29) is 5.82 Å². The van der Waals surface area contributed by atoms with Gasteiger partial charge in [0.1, 0.15) is 5.82 Å². The van der Waals surface area contributed by atoms with Gasteiger partial charge in [0.05, 0.1) is 0 Å². The average Bonchev–Trinajstić information content (AvgIpc) is 2.30. The third kappa shape index (κ3) is 5.18. The first-order chi connectivity index (χ1) is 8.13. The average molecular weight is 238 g/mol. The van der Waals surface area contributed by atoms with Crippen molar-refractivity contribution in [3.63, 3.8) is 0 Å². The van der Waals surface area contributed by atoms with Gasteiger partial charge >= 0.3 is 0 Å². The summed E-state index contributed by atoms with van der Waals surface area (Å²) >= 11 is 0. The molecule has 1 unspecified atom stereocenters. The number of hydrogen-bond acceptors (Lipinski definition) is 2. The summed E-state index contributed by atoms with van der Waals surface area (Å²) in [5, 5.41) is 3.41. The van der Waals surface area contributed by atoms with E-state index in [1.165, 1.54) is 18.6 Å². The van der Waals surface area contributed by atoms with Crippen molar-refractivity contribution in [3.8, 4) is 0 Å². The molecule has 1 atom stereocenters. The fourth-order valence-corrected chi connectivity index (χ4v) is 1.86. The summed E-state index contributed by atoms with van der Waals surface area (Å²) in [6, 6.07) is 6.65. The number of halogens is 1. The maximum atomic E-state index is 12.8. The van der Waals surface area contributed by atoms with E-state index in [9.17, 15) is 4.39 Å². The van der Waals surface area contributed by atoms with Gasteiger partial charge in [-0.2, -0.15) is 0 Å². The maximum absolute atomic E-state index is 12.8. The Labute approximate surface area is 104 Å². The summed E-state index contributed by atoms with van der Waals surface area (Å²) in [6.07, 6.45) is 1.17. The summed E-state index contributed by atoms with van der Waals surface area (Å²) in [4.78, 5) is 2.16. The van der Waals surface area contributed by atoms with E-state index in [1.54, 1.807) is 0 Å². The molecule has 2 nitrogen and oxygen atoms in total. The van der Waals surface area contributed by atoms with Crippen LogP contribution in [0, 0.1) is 11.7 Å². The van der Waals surface area contributed by atoms with E-state index in [1.807, 2.05) is 19.2 Å². The molecule has 0 spiro atoms. The third-order valence-electron chi connectivity index (χ3n) is 2.77. The molecule has 0 aromatic heterocycles. The second-order valence-corrected chi connectivity index (χ2v) is 4.67. The van der Waals surface area contributed by atoms with Crippen LogP contribution in [0.5, 0.6) is 0 Å². The maximum Gasteiger partial charge on any atom is 0.123 e. The Bertz CT molecular complexity index is 311. The lowest BCUT2D eigenvalue weighted by atomic mass is 10.1. The van der Waals surface area contributed by atoms with Crippen LogP contribution in [0.4, 0.5) is 10.1 Å². The number of anilines is 1. The van der Waals surface area contributed by atoms with Crippen molar-refractivity contribution < 1.29 is 4.39 Å². The summed E-state index contributed by atoms with van der Waals surface area (Å²) in [6.45, 7) is 7.47. The van der Waals surface area contributed by atoms with Crippen LogP contribution in [-0.2, 0) is 0 Å². The number of hydrogen-bond donors (Lipinski definition) is 1. The molecule has 17 heavy (non-hydrogen) atoms. The predicted octanol–water partition coefficient (Wildman–Crippen LogP) is 2.90. The van der Waals surface area contributed by atoms with E-state index in [0.717, 1.165) is 25.3 Å². The Morgan fingerprint density at radius 3 is 2.53 bits per heavy atom. The third-order valence-corrected chi connectivity index (χ3v) is 2.77. The largest absolute Gasteiger partial charge is 0.374 e. The molecule has 0 aliphatic carbocycles. The Morgan fingerprint density at radius 1 is 1.29 bits per heavy atom. The Hall–Kier alpha value is -1.09. The van der Waals surface area contributed by atoms with E-state index < -0.39 is 0 Å². The lowest BCUT2D eigenvalue weighted by Gasteiger charge is -2.23. The molecule has 0 aliphatic heterocycles. The van der Waals surface area contributed by atoms with Crippen molar-refractivity contribution in [2.24, 2.45) is 5.92 Å². The van der Waals surface area contributed by atoms with Crippen molar-refractivity contribution in [3.05, 3.63) is 30.1 Å². The lowest BCUT2D eigenvalue weighted by molar-refractivity contribution is 0.512. The predicted molar refractivity (Wildman–Crippen MR) is 72.0 cm³/mol. The van der Waals surface area contributed by atoms with Crippen molar-refractivity contribution >= 4 is 5.69 Å². The number of nitrogens with one attached hydrogen (secondary N) is 1. The number of rotatable bonds is 7. The molecule has 0 radical (unpaired) electrons. The van der Waals surface area contributed by atoms with Crippen LogP contribution in [0.2, 0.25) is 0 Å². The molecule has 1 N–H and O–H groups in total. The molecule has 0 bridgehead atoms. The minimum absolute atomic E-state index is 0.181. The summed E-state index contributed by atoms with van der Waals surface area (Å²) in [5.74, 6) is 0.399. The van der Waals surface area contributed by atoms with Crippen LogP contribution in [0.25, 0.3) is 0 Å². The first kappa shape index (κ1) is 14.0. The molecule has 1 aromatic rings. The van der Waals surface area contributed by atoms with Gasteiger partial charge in [-0.05, 0) is 49.7 Å². The van der Waals surface area contributed by atoms with Crippen molar-refractivity contribution in [1.82, 2.24) is 5.32 Å². The molecule has 96 valence electrons. The molecule has 0 saturated heterocycles. The minimum atomic E-state index is -0.181. The van der Waals surface area contributed by atoms with E-state index in [4.69, 9.17) is 0 Å². The molecular weight excluding hydrogens is 215 g/mol. The molecule has 0 saturated carbocycles. The summed E-state index contributed by atoms with van der Waals surface area (Å²) in [5.41, 5.74) is 1.06. The van der Waals surface area contributed by atoms with Gasteiger partial charge in [-0.3, -0.25) is 0 Å². The van der Waals surface area contributed by atoms with Gasteiger partial charge in [-0.15, -0.1) is 0 Å². The topological polar surface area (TPSA) is 15.3 Å². The quantitative estimate of drug-likeness (QED) is 0.735. The Balaban J connectivity index is 2.37. The highest BCUT2D eigenvalue weighted by molar-refractivity contribution is 5.45. The van der Waals surface area contributed by atoms with Gasteiger partial charge in [-0.25, -0.2) is 4.39 Å². The zero-order chi connectivity index (χ0) is 12.7. The standard InChI is InChI=1S/C14H23FN2/c1-4-9-16-10-12(2)11-17(3)14-7-5-13(15)6-8-14/h5-8,12,16H,4,9-11H2,1-3H3. The van der Waals surface area contributed by atoms with E-state index in [0.29, 0.717) is 5.92 Å². The molecule has 1 rings (SSSR count). The monoisotopic (exact) mass is 238 g/mol. The second-order valence-electron chi connectivity index (χ2n) is 4.67. The van der Waals surface area contributed by atoms with Crippen LogP contribution in [0.3, 0.4) is 0 Å². The molecule has 0 aliphatic rings. The van der Waals surface area contributed by atoms with Gasteiger partial charge in [0, 0.05) is 19.3 Å². The molecule has 0 heterocycles. The fourth-order valence-electron chi connectivity index (χ4n) is 1.86. The number of benzene rings is 1. The first-order valence-electron chi connectivity index (χ1n) is 6.31. The zero-order valence-electron chi connectivity index (χ0n) is 11.0. The first-order valence-corrected chi connectivity index (χ1v) is 6.31. The summed E-state index contributed by atoms with van der Waals surface area (Å²) < 4.78 is 12.8. The molecule has 0 amide bonds. The zero-order valence-corrected chi connectivity index (χ0v) is 11.0. The van der Waals surface area contributed by atoms with Crippen molar-refractivity contribution in [2.45, 2.75) is 20.3 Å². The van der Waals surface area contributed by atoms with Gasteiger partial charge in [0.25, 0.3) is 0 Å². The van der Waals surface area contributed by atoms with Gasteiger partial charge in [-0.1, -0.05) is 13.8 Å². The Morgan fingerprint density at radius 2 is 1.94 bits per heavy atom. The van der Waals surface area contributed by atoms with E-state index in [2.05, 4.69) is 24.1 Å². The highest BCUT2D eigenvalue weighted by atomic mass is 19.1. The van der Waals surface area contributed by atoms with Crippen molar-refractivity contribution in [1.29, 1.82) is 0 Å². The van der Waals surface area contributed by atoms with E-state index >= 15 is 0 Å². The normalized spacial score (nSPS) is 12.5. The van der Waals surface area contributed by atoms with Crippen LogP contribution in [0.1, 0.15) is 20.3 Å². The molecule has 1 aromatic carbocycles. The highest BCUT2D eigenvalue weighted by Crippen LogP contribution is 2.14. The van der Waals surface area contributed by atoms with Crippen molar-refractivity contribution in [2.75, 3.05) is 31.6 Å². The SMILES string of the molecule is CCCNCC(C)CN(C)c1ccc(F)cc1. The summed E-state index contributed by atoms with van der Waals surface area (Å²) in [7, 11) is 2.05. The molecule has 0 fully saturated rings. The fraction of sp³-hybridized carbons (Fsp3) is 0.571. The lowest BCUT2D eigenvalue weighted by Crippen LogP contribution is -2.31. The van der Waals surface area contributed by atoms with Crippen LogP contribution < -0.4 is 10.2 Å². The minimum Gasteiger partial charge on any atom is -0.374 e. The molecule has 3 heteroatoms.